The van der Waals surface area contributed by atoms with Crippen molar-refractivity contribution < 1.29 is 4.21 Å². The van der Waals surface area contributed by atoms with Crippen molar-refractivity contribution in [1.82, 2.24) is 5.32 Å². The van der Waals surface area contributed by atoms with Gasteiger partial charge in [0.25, 0.3) is 0 Å². The third kappa shape index (κ3) is 5.80. The molecule has 1 N–H and O–H groups in total. The second-order valence-electron chi connectivity index (χ2n) is 4.39. The number of hydrogen-bond donors (Lipinski definition) is 1. The molecule has 0 aliphatic carbocycles. The van der Waals surface area contributed by atoms with Crippen LogP contribution in [0.1, 0.15) is 25.5 Å². The third-order valence-corrected chi connectivity index (χ3v) is 3.28. The highest BCUT2D eigenvalue weighted by molar-refractivity contribution is 7.84. The molecule has 0 unspecified atom stereocenters. The van der Waals surface area contributed by atoms with Crippen LogP contribution in [0, 0.1) is 0 Å². The van der Waals surface area contributed by atoms with Crippen molar-refractivity contribution in [3.8, 4) is 0 Å². The summed E-state index contributed by atoms with van der Waals surface area (Å²) in [6, 6.07) is 10.4. The largest absolute Gasteiger partial charge is 0.306 e. The highest BCUT2D eigenvalue weighted by Gasteiger charge is 2.11. The van der Waals surface area contributed by atoms with Gasteiger partial charge in [0, 0.05) is 35.4 Å². The predicted octanol–water partition coefficient (Wildman–Crippen LogP) is 2.66. The molecule has 17 heavy (non-hydrogen) atoms. The van der Waals surface area contributed by atoms with Crippen molar-refractivity contribution >= 4 is 10.8 Å². The Hall–Kier alpha value is -0.930. The minimum atomic E-state index is -0.793. The van der Waals surface area contributed by atoms with Crippen molar-refractivity contribution in [2.75, 3.05) is 18.6 Å². The summed E-state index contributed by atoms with van der Waals surface area (Å²) in [6.45, 7) is 4.98. The van der Waals surface area contributed by atoms with Crippen molar-refractivity contribution in [3.63, 3.8) is 0 Å². The lowest BCUT2D eigenvalue weighted by molar-refractivity contribution is 0.611. The fraction of sp³-hybridized carbons (Fsp3) is 0.429. The van der Waals surface area contributed by atoms with E-state index in [0.717, 1.165) is 6.54 Å². The fourth-order valence-electron chi connectivity index (χ4n) is 1.60. The van der Waals surface area contributed by atoms with Gasteiger partial charge in [0.1, 0.15) is 0 Å². The molecule has 2 atom stereocenters. The minimum absolute atomic E-state index is 0.164. The van der Waals surface area contributed by atoms with Crippen LogP contribution in [-0.2, 0) is 10.8 Å². The van der Waals surface area contributed by atoms with Crippen LogP contribution in [0.4, 0.5) is 0 Å². The van der Waals surface area contributed by atoms with Crippen LogP contribution >= 0.6 is 0 Å². The van der Waals surface area contributed by atoms with Gasteiger partial charge in [-0.3, -0.25) is 4.21 Å². The normalized spacial score (nSPS) is 14.1. The van der Waals surface area contributed by atoms with Gasteiger partial charge in [-0.1, -0.05) is 42.0 Å². The molecule has 1 aromatic rings. The van der Waals surface area contributed by atoms with Crippen LogP contribution in [0.15, 0.2) is 42.0 Å². The van der Waals surface area contributed by atoms with E-state index in [2.05, 4.69) is 37.4 Å². The van der Waals surface area contributed by atoms with Gasteiger partial charge in [-0.2, -0.15) is 0 Å². The zero-order valence-electron chi connectivity index (χ0n) is 10.8. The Kier molecular flexibility index (Phi) is 6.16. The standard InChI is InChI=1S/C14H21NOS/c1-12(2)9-10-15-14(11-17(3)16)13-7-5-4-6-8-13/h4-9,14-15H,10-11H2,1-3H3/t14-,17-/m1/s1. The van der Waals surface area contributed by atoms with Crippen LogP contribution in [0.2, 0.25) is 0 Å². The quantitative estimate of drug-likeness (QED) is 0.788. The highest BCUT2D eigenvalue weighted by atomic mass is 32.2. The van der Waals surface area contributed by atoms with Gasteiger partial charge in [-0.25, -0.2) is 0 Å². The summed E-state index contributed by atoms with van der Waals surface area (Å²) in [5.74, 6) is 0.653. The zero-order chi connectivity index (χ0) is 12.7. The monoisotopic (exact) mass is 251 g/mol. The van der Waals surface area contributed by atoms with E-state index >= 15 is 0 Å². The van der Waals surface area contributed by atoms with Gasteiger partial charge in [-0.15, -0.1) is 0 Å². The lowest BCUT2D eigenvalue weighted by atomic mass is 10.1. The van der Waals surface area contributed by atoms with E-state index in [0.29, 0.717) is 5.75 Å². The molecule has 0 aliphatic rings. The van der Waals surface area contributed by atoms with E-state index < -0.39 is 10.8 Å². The molecule has 0 aliphatic heterocycles. The van der Waals surface area contributed by atoms with E-state index in [1.54, 1.807) is 6.26 Å². The summed E-state index contributed by atoms with van der Waals surface area (Å²) >= 11 is 0. The summed E-state index contributed by atoms with van der Waals surface area (Å²) < 4.78 is 11.4. The molecule has 0 aromatic heterocycles. The summed E-state index contributed by atoms with van der Waals surface area (Å²) in [7, 11) is -0.793. The lowest BCUT2D eigenvalue weighted by Gasteiger charge is -2.17. The van der Waals surface area contributed by atoms with E-state index in [1.807, 2.05) is 18.2 Å². The Bertz CT molecular complexity index is 382. The van der Waals surface area contributed by atoms with E-state index in [1.165, 1.54) is 11.1 Å². The van der Waals surface area contributed by atoms with Gasteiger partial charge < -0.3 is 5.32 Å². The second-order valence-corrected chi connectivity index (χ2v) is 5.87. The molecule has 0 saturated carbocycles. The highest BCUT2D eigenvalue weighted by Crippen LogP contribution is 2.13. The Balaban J connectivity index is 2.67. The topological polar surface area (TPSA) is 29.1 Å². The van der Waals surface area contributed by atoms with Crippen molar-refractivity contribution in [2.45, 2.75) is 19.9 Å². The Morgan fingerprint density at radius 3 is 2.53 bits per heavy atom. The van der Waals surface area contributed by atoms with Crippen LogP contribution in [0.3, 0.4) is 0 Å². The Morgan fingerprint density at radius 1 is 1.35 bits per heavy atom. The smallest absolute Gasteiger partial charge is 0.0439 e. The number of benzene rings is 1. The van der Waals surface area contributed by atoms with Crippen LogP contribution in [-0.4, -0.2) is 22.8 Å². The summed E-state index contributed by atoms with van der Waals surface area (Å²) in [5, 5.41) is 3.43. The fourth-order valence-corrected chi connectivity index (χ4v) is 2.38. The second kappa shape index (κ2) is 7.41. The summed E-state index contributed by atoms with van der Waals surface area (Å²) in [5.41, 5.74) is 2.49. The molecule has 1 aromatic carbocycles. The third-order valence-electron chi connectivity index (χ3n) is 2.48. The van der Waals surface area contributed by atoms with Gasteiger partial charge >= 0.3 is 0 Å². The maximum atomic E-state index is 11.4. The van der Waals surface area contributed by atoms with Gasteiger partial charge in [0.05, 0.1) is 0 Å². The van der Waals surface area contributed by atoms with Crippen molar-refractivity contribution in [3.05, 3.63) is 47.5 Å². The lowest BCUT2D eigenvalue weighted by Crippen LogP contribution is -2.26. The first-order chi connectivity index (χ1) is 8.09. The van der Waals surface area contributed by atoms with Crippen molar-refractivity contribution in [1.29, 1.82) is 0 Å². The van der Waals surface area contributed by atoms with Crippen LogP contribution in [0.25, 0.3) is 0 Å². The summed E-state index contributed by atoms with van der Waals surface area (Å²) in [4.78, 5) is 0. The molecule has 1 rings (SSSR count). The van der Waals surface area contributed by atoms with E-state index in [9.17, 15) is 4.21 Å². The van der Waals surface area contributed by atoms with Crippen molar-refractivity contribution in [2.24, 2.45) is 0 Å². The van der Waals surface area contributed by atoms with Gasteiger partial charge in [0.2, 0.25) is 0 Å². The molecule has 0 fully saturated rings. The van der Waals surface area contributed by atoms with Gasteiger partial charge in [0.15, 0.2) is 0 Å². The molecule has 0 amide bonds. The first-order valence-corrected chi connectivity index (χ1v) is 7.54. The maximum Gasteiger partial charge on any atom is 0.0439 e. The average Bonchev–Trinajstić information content (AvgIpc) is 2.28. The first-order valence-electron chi connectivity index (χ1n) is 5.81. The number of allylic oxidation sites excluding steroid dienone is 1. The molecule has 0 radical (unpaired) electrons. The average molecular weight is 251 g/mol. The molecule has 0 bridgehead atoms. The van der Waals surface area contributed by atoms with Gasteiger partial charge in [-0.05, 0) is 19.4 Å². The zero-order valence-corrected chi connectivity index (χ0v) is 11.6. The predicted molar refractivity (Wildman–Crippen MR) is 75.6 cm³/mol. The molecule has 2 nitrogen and oxygen atoms in total. The molecule has 0 heterocycles. The van der Waals surface area contributed by atoms with Crippen LogP contribution in [0.5, 0.6) is 0 Å². The number of nitrogens with one attached hydrogen (secondary N) is 1. The molecule has 94 valence electrons. The number of rotatable bonds is 6. The number of hydrogen-bond acceptors (Lipinski definition) is 2. The summed E-state index contributed by atoms with van der Waals surface area (Å²) in [6.07, 6.45) is 3.90. The maximum absolute atomic E-state index is 11.4. The Labute approximate surface area is 107 Å². The molecule has 0 saturated heterocycles. The van der Waals surface area contributed by atoms with E-state index in [-0.39, 0.29) is 6.04 Å². The van der Waals surface area contributed by atoms with E-state index in [4.69, 9.17) is 0 Å². The molecule has 3 heteroatoms. The molecular formula is C14H21NOS. The molecular weight excluding hydrogens is 230 g/mol. The van der Waals surface area contributed by atoms with Crippen LogP contribution < -0.4 is 5.32 Å². The SMILES string of the molecule is CC(C)=CCN[C@H](C[S@@](C)=O)c1ccccc1. The first kappa shape index (κ1) is 14.1. The Morgan fingerprint density at radius 2 is 2.00 bits per heavy atom. The molecule has 0 spiro atoms. The minimum Gasteiger partial charge on any atom is -0.306 e.